The molecule has 2 aromatic heterocycles. The molecule has 0 saturated carbocycles. The molecule has 0 spiro atoms. The highest BCUT2D eigenvalue weighted by Gasteiger charge is 2.04. The van der Waals surface area contributed by atoms with Crippen LogP contribution in [0.1, 0.15) is 11.5 Å². The molecule has 24 heavy (non-hydrogen) atoms. The number of nitrogens with one attached hydrogen (secondary N) is 1. The lowest BCUT2D eigenvalue weighted by Crippen LogP contribution is -2.07. The summed E-state index contributed by atoms with van der Waals surface area (Å²) in [6.45, 7) is 1.86. The molecule has 1 N–H and O–H groups in total. The maximum atomic E-state index is 11.9. The molecule has 2 heterocycles. The van der Waals surface area contributed by atoms with Gasteiger partial charge in [0, 0.05) is 23.7 Å². The summed E-state index contributed by atoms with van der Waals surface area (Å²) >= 11 is 1.51. The third-order valence-electron chi connectivity index (χ3n) is 3.16. The summed E-state index contributed by atoms with van der Waals surface area (Å²) in [6, 6.07) is 11.2. The van der Waals surface area contributed by atoms with Crippen molar-refractivity contribution < 1.29 is 9.21 Å². The molecular weight excluding hydrogens is 324 g/mol. The van der Waals surface area contributed by atoms with Gasteiger partial charge in [0.15, 0.2) is 5.16 Å². The van der Waals surface area contributed by atoms with E-state index in [4.69, 9.17) is 4.42 Å². The van der Waals surface area contributed by atoms with Gasteiger partial charge in [-0.2, -0.15) is 0 Å². The molecule has 0 radical (unpaired) electrons. The summed E-state index contributed by atoms with van der Waals surface area (Å²) in [5, 5.41) is 11.5. The van der Waals surface area contributed by atoms with E-state index >= 15 is 0 Å². The number of carbonyl (C=O) groups is 1. The van der Waals surface area contributed by atoms with Crippen LogP contribution in [0, 0.1) is 6.92 Å². The van der Waals surface area contributed by atoms with Crippen molar-refractivity contribution in [2.24, 2.45) is 7.05 Å². The minimum absolute atomic E-state index is 0.210. The molecule has 0 aliphatic rings. The number of amides is 1. The van der Waals surface area contributed by atoms with Gasteiger partial charge in [0.25, 0.3) is 0 Å². The molecule has 0 aliphatic heterocycles. The second kappa shape index (κ2) is 7.18. The third kappa shape index (κ3) is 4.14. The molecule has 7 heteroatoms. The number of anilines is 1. The zero-order valence-electron chi connectivity index (χ0n) is 13.3. The van der Waals surface area contributed by atoms with Crippen LogP contribution in [0.5, 0.6) is 0 Å². The Morgan fingerprint density at radius 2 is 2.04 bits per heavy atom. The van der Waals surface area contributed by atoms with Crippen molar-refractivity contribution in [3.8, 4) is 0 Å². The Labute approximate surface area is 143 Å². The fourth-order valence-electron chi connectivity index (χ4n) is 1.96. The number of benzene rings is 1. The van der Waals surface area contributed by atoms with E-state index in [-0.39, 0.29) is 5.91 Å². The summed E-state index contributed by atoms with van der Waals surface area (Å²) in [5.41, 5.74) is 0.725. The first-order valence-corrected chi connectivity index (χ1v) is 8.09. The van der Waals surface area contributed by atoms with Crippen LogP contribution in [0.15, 0.2) is 63.3 Å². The number of aromatic nitrogens is 3. The van der Waals surface area contributed by atoms with Crippen LogP contribution in [-0.4, -0.2) is 20.7 Å². The number of hydrogen-bond donors (Lipinski definition) is 1. The van der Waals surface area contributed by atoms with Gasteiger partial charge in [0.05, 0.1) is 0 Å². The molecule has 122 valence electrons. The fraction of sp³-hybridized carbons (Fsp3) is 0.118. The molecule has 0 saturated heterocycles. The van der Waals surface area contributed by atoms with Crippen molar-refractivity contribution in [1.82, 2.24) is 14.8 Å². The molecule has 6 nitrogen and oxygen atoms in total. The Bertz CT molecular complexity index is 865. The predicted octanol–water partition coefficient (Wildman–Crippen LogP) is 3.52. The highest BCUT2D eigenvalue weighted by atomic mass is 32.2. The highest BCUT2D eigenvalue weighted by Crippen LogP contribution is 2.26. The number of rotatable bonds is 5. The summed E-state index contributed by atoms with van der Waals surface area (Å²) in [4.78, 5) is 12.9. The molecule has 3 rings (SSSR count). The topological polar surface area (TPSA) is 73.0 Å². The molecule has 1 amide bonds. The van der Waals surface area contributed by atoms with Crippen LogP contribution in [0.2, 0.25) is 0 Å². The van der Waals surface area contributed by atoms with E-state index in [1.54, 1.807) is 12.4 Å². The summed E-state index contributed by atoms with van der Waals surface area (Å²) in [7, 11) is 1.89. The van der Waals surface area contributed by atoms with Gasteiger partial charge in [0.1, 0.15) is 17.8 Å². The molecule has 0 aliphatic carbocycles. The Hall–Kier alpha value is -2.80. The molecule has 0 atom stereocenters. The van der Waals surface area contributed by atoms with Crippen molar-refractivity contribution in [3.63, 3.8) is 0 Å². The van der Waals surface area contributed by atoms with Crippen LogP contribution >= 0.6 is 11.8 Å². The van der Waals surface area contributed by atoms with E-state index in [0.29, 0.717) is 5.76 Å². The minimum atomic E-state index is -0.210. The second-order valence-electron chi connectivity index (χ2n) is 5.12. The van der Waals surface area contributed by atoms with Crippen molar-refractivity contribution >= 4 is 29.4 Å². The first kappa shape index (κ1) is 16.1. The van der Waals surface area contributed by atoms with Crippen LogP contribution in [0.25, 0.3) is 6.08 Å². The Morgan fingerprint density at radius 3 is 2.67 bits per heavy atom. The average Bonchev–Trinajstić information content (AvgIpc) is 3.16. The predicted molar refractivity (Wildman–Crippen MR) is 92.7 cm³/mol. The minimum Gasteiger partial charge on any atom is -0.462 e. The van der Waals surface area contributed by atoms with Gasteiger partial charge in [-0.15, -0.1) is 10.2 Å². The maximum absolute atomic E-state index is 11.9. The number of aryl methyl sites for hydroxylation is 2. The number of furan rings is 1. The molecule has 0 bridgehead atoms. The third-order valence-corrected chi connectivity index (χ3v) is 4.22. The standard InChI is InChI=1S/C17H16N4O2S/c1-12-3-6-14(23-12)7-10-16(22)19-13-4-8-15(9-5-13)24-17-20-18-11-21(17)2/h3-11H,1-2H3,(H,19,22)/b10-7+. The Kier molecular flexibility index (Phi) is 4.81. The zero-order valence-corrected chi connectivity index (χ0v) is 14.1. The normalized spacial score (nSPS) is 11.1. The van der Waals surface area contributed by atoms with E-state index in [0.717, 1.165) is 21.5 Å². The summed E-state index contributed by atoms with van der Waals surface area (Å²) < 4.78 is 7.23. The molecule has 3 aromatic rings. The van der Waals surface area contributed by atoms with Gasteiger partial charge in [0.2, 0.25) is 5.91 Å². The van der Waals surface area contributed by atoms with Crippen LogP contribution in [0.4, 0.5) is 5.69 Å². The van der Waals surface area contributed by atoms with Gasteiger partial charge >= 0.3 is 0 Å². The van der Waals surface area contributed by atoms with Crippen LogP contribution < -0.4 is 5.32 Å². The largest absolute Gasteiger partial charge is 0.462 e. The van der Waals surface area contributed by atoms with E-state index in [1.807, 2.05) is 54.9 Å². The van der Waals surface area contributed by atoms with Crippen molar-refractivity contribution in [2.45, 2.75) is 17.0 Å². The van der Waals surface area contributed by atoms with Crippen molar-refractivity contribution in [1.29, 1.82) is 0 Å². The monoisotopic (exact) mass is 340 g/mol. The van der Waals surface area contributed by atoms with Crippen LogP contribution in [-0.2, 0) is 11.8 Å². The van der Waals surface area contributed by atoms with Crippen LogP contribution in [0.3, 0.4) is 0 Å². The average molecular weight is 340 g/mol. The highest BCUT2D eigenvalue weighted by molar-refractivity contribution is 7.99. The van der Waals surface area contributed by atoms with Gasteiger partial charge in [-0.05, 0) is 61.2 Å². The van der Waals surface area contributed by atoms with Crippen molar-refractivity contribution in [3.05, 3.63) is 60.3 Å². The maximum Gasteiger partial charge on any atom is 0.248 e. The first-order valence-electron chi connectivity index (χ1n) is 7.27. The first-order chi connectivity index (χ1) is 11.6. The lowest BCUT2D eigenvalue weighted by atomic mass is 10.3. The molecular formula is C17H16N4O2S. The Balaban J connectivity index is 1.58. The number of hydrogen-bond acceptors (Lipinski definition) is 5. The van der Waals surface area contributed by atoms with Gasteiger partial charge in [-0.3, -0.25) is 4.79 Å². The number of carbonyl (C=O) groups excluding carboxylic acids is 1. The summed E-state index contributed by atoms with van der Waals surface area (Å²) in [6.07, 6.45) is 4.74. The lowest BCUT2D eigenvalue weighted by molar-refractivity contribution is -0.111. The Morgan fingerprint density at radius 1 is 1.25 bits per heavy atom. The quantitative estimate of drug-likeness (QED) is 0.720. The summed E-state index contributed by atoms with van der Waals surface area (Å²) in [5.74, 6) is 1.25. The van der Waals surface area contributed by atoms with Crippen molar-refractivity contribution in [2.75, 3.05) is 5.32 Å². The van der Waals surface area contributed by atoms with Gasteiger partial charge in [-0.1, -0.05) is 0 Å². The van der Waals surface area contributed by atoms with Gasteiger partial charge < -0.3 is 14.3 Å². The lowest BCUT2D eigenvalue weighted by Gasteiger charge is -2.04. The second-order valence-corrected chi connectivity index (χ2v) is 6.16. The van der Waals surface area contributed by atoms with E-state index in [1.165, 1.54) is 17.8 Å². The zero-order chi connectivity index (χ0) is 16.9. The SMILES string of the molecule is Cc1ccc(/C=C/C(=O)Nc2ccc(Sc3nncn3C)cc2)o1. The van der Waals surface area contributed by atoms with E-state index < -0.39 is 0 Å². The smallest absolute Gasteiger partial charge is 0.248 e. The fourth-order valence-corrected chi connectivity index (χ4v) is 2.72. The molecule has 0 unspecified atom stereocenters. The van der Waals surface area contributed by atoms with E-state index in [9.17, 15) is 4.79 Å². The molecule has 0 fully saturated rings. The van der Waals surface area contributed by atoms with Gasteiger partial charge in [-0.25, -0.2) is 0 Å². The molecule has 1 aromatic carbocycles. The number of nitrogens with zero attached hydrogens (tertiary/aromatic N) is 3. The van der Waals surface area contributed by atoms with E-state index in [2.05, 4.69) is 15.5 Å².